The number of carbonyl (C=O) groups excluding carboxylic acids is 1. The molecule has 0 unspecified atom stereocenters. The summed E-state index contributed by atoms with van der Waals surface area (Å²) in [5, 5.41) is 2.92. The predicted octanol–water partition coefficient (Wildman–Crippen LogP) is 2.23. The van der Waals surface area contributed by atoms with Gasteiger partial charge in [-0.3, -0.25) is 4.79 Å². The zero-order valence-corrected chi connectivity index (χ0v) is 11.5. The Labute approximate surface area is 108 Å². The molecule has 0 aromatic heterocycles. The molecule has 4 heteroatoms. The molecule has 1 amide bonds. The van der Waals surface area contributed by atoms with E-state index in [1.165, 1.54) is 0 Å². The standard InChI is InChI=1S/C13H20N2OS/c1-11-6-4-5-7-12(11)14-13(16)10-17-9-8-15(2)3/h4-7H,8-10H2,1-3H3,(H,14,16). The van der Waals surface area contributed by atoms with Crippen LogP contribution in [0.3, 0.4) is 0 Å². The van der Waals surface area contributed by atoms with Crippen LogP contribution in [0.4, 0.5) is 5.69 Å². The van der Waals surface area contributed by atoms with E-state index in [2.05, 4.69) is 10.2 Å². The van der Waals surface area contributed by atoms with Gasteiger partial charge in [-0.25, -0.2) is 0 Å². The average Bonchev–Trinajstić information content (AvgIpc) is 2.27. The Morgan fingerprint density at radius 3 is 2.71 bits per heavy atom. The molecule has 0 spiro atoms. The molecule has 1 aromatic rings. The molecule has 3 nitrogen and oxygen atoms in total. The van der Waals surface area contributed by atoms with Gasteiger partial charge in [-0.15, -0.1) is 0 Å². The Kier molecular flexibility index (Phi) is 6.08. The van der Waals surface area contributed by atoms with Crippen molar-refractivity contribution in [3.63, 3.8) is 0 Å². The number of nitrogens with one attached hydrogen (secondary N) is 1. The number of rotatable bonds is 6. The maximum absolute atomic E-state index is 11.7. The van der Waals surface area contributed by atoms with Crippen molar-refractivity contribution in [1.29, 1.82) is 0 Å². The van der Waals surface area contributed by atoms with Crippen LogP contribution in [0.15, 0.2) is 24.3 Å². The number of carbonyl (C=O) groups is 1. The van der Waals surface area contributed by atoms with Gasteiger partial charge in [-0.2, -0.15) is 11.8 Å². The molecule has 17 heavy (non-hydrogen) atoms. The van der Waals surface area contributed by atoms with Gasteiger partial charge in [0.1, 0.15) is 0 Å². The van der Waals surface area contributed by atoms with Crippen LogP contribution in [0.5, 0.6) is 0 Å². The van der Waals surface area contributed by atoms with Gasteiger partial charge in [-0.05, 0) is 32.6 Å². The van der Waals surface area contributed by atoms with Crippen molar-refractivity contribution in [3.8, 4) is 0 Å². The SMILES string of the molecule is Cc1ccccc1NC(=O)CSCCN(C)C. The molecule has 1 N–H and O–H groups in total. The second kappa shape index (κ2) is 7.35. The highest BCUT2D eigenvalue weighted by Gasteiger charge is 2.04. The van der Waals surface area contributed by atoms with Gasteiger partial charge >= 0.3 is 0 Å². The first-order chi connectivity index (χ1) is 8.09. The number of hydrogen-bond donors (Lipinski definition) is 1. The van der Waals surface area contributed by atoms with E-state index in [1.54, 1.807) is 11.8 Å². The highest BCUT2D eigenvalue weighted by atomic mass is 32.2. The Balaban J connectivity index is 2.28. The van der Waals surface area contributed by atoms with Crippen LogP contribution in [-0.2, 0) is 4.79 Å². The van der Waals surface area contributed by atoms with Crippen LogP contribution in [0, 0.1) is 6.92 Å². The third-order valence-corrected chi connectivity index (χ3v) is 3.27. The maximum Gasteiger partial charge on any atom is 0.234 e. The molecule has 0 aliphatic heterocycles. The van der Waals surface area contributed by atoms with E-state index in [0.29, 0.717) is 5.75 Å². The fraction of sp³-hybridized carbons (Fsp3) is 0.462. The van der Waals surface area contributed by atoms with Crippen molar-refractivity contribution in [2.45, 2.75) is 6.92 Å². The van der Waals surface area contributed by atoms with E-state index in [0.717, 1.165) is 23.5 Å². The second-order valence-corrected chi connectivity index (χ2v) is 5.32. The van der Waals surface area contributed by atoms with E-state index >= 15 is 0 Å². The number of aryl methyl sites for hydroxylation is 1. The van der Waals surface area contributed by atoms with Gasteiger partial charge in [0, 0.05) is 18.0 Å². The number of anilines is 1. The van der Waals surface area contributed by atoms with E-state index in [-0.39, 0.29) is 5.91 Å². The van der Waals surface area contributed by atoms with Crippen LogP contribution < -0.4 is 5.32 Å². The summed E-state index contributed by atoms with van der Waals surface area (Å²) >= 11 is 1.66. The summed E-state index contributed by atoms with van der Waals surface area (Å²) in [6, 6.07) is 7.82. The fourth-order valence-electron chi connectivity index (χ4n) is 1.31. The summed E-state index contributed by atoms with van der Waals surface area (Å²) in [7, 11) is 4.07. The Hall–Kier alpha value is -1.000. The molecule has 0 aliphatic carbocycles. The molecular formula is C13H20N2OS. The average molecular weight is 252 g/mol. The Morgan fingerprint density at radius 2 is 2.06 bits per heavy atom. The monoisotopic (exact) mass is 252 g/mol. The van der Waals surface area contributed by atoms with E-state index in [9.17, 15) is 4.79 Å². The molecule has 0 bridgehead atoms. The van der Waals surface area contributed by atoms with Crippen LogP contribution in [0.2, 0.25) is 0 Å². The van der Waals surface area contributed by atoms with E-state index in [1.807, 2.05) is 45.3 Å². The first-order valence-electron chi connectivity index (χ1n) is 5.67. The van der Waals surface area contributed by atoms with Gasteiger partial charge < -0.3 is 10.2 Å². The molecule has 0 atom stereocenters. The first-order valence-corrected chi connectivity index (χ1v) is 6.83. The van der Waals surface area contributed by atoms with Crippen LogP contribution in [-0.4, -0.2) is 43.0 Å². The fourth-order valence-corrected chi connectivity index (χ4v) is 2.21. The van der Waals surface area contributed by atoms with E-state index in [4.69, 9.17) is 0 Å². The van der Waals surface area contributed by atoms with Gasteiger partial charge in [0.2, 0.25) is 5.91 Å². The van der Waals surface area contributed by atoms with Crippen molar-refractivity contribution in [2.24, 2.45) is 0 Å². The summed E-state index contributed by atoms with van der Waals surface area (Å²) in [6.45, 7) is 3.00. The molecule has 1 rings (SSSR count). The number of hydrogen-bond acceptors (Lipinski definition) is 3. The summed E-state index contributed by atoms with van der Waals surface area (Å²) in [5.74, 6) is 1.57. The van der Waals surface area contributed by atoms with Crippen LogP contribution in [0.25, 0.3) is 0 Å². The molecule has 0 radical (unpaired) electrons. The summed E-state index contributed by atoms with van der Waals surface area (Å²) < 4.78 is 0. The van der Waals surface area contributed by atoms with Crippen molar-refractivity contribution >= 4 is 23.4 Å². The lowest BCUT2D eigenvalue weighted by Crippen LogP contribution is -2.18. The van der Waals surface area contributed by atoms with Crippen LogP contribution in [0.1, 0.15) is 5.56 Å². The lowest BCUT2D eigenvalue weighted by atomic mass is 10.2. The molecule has 94 valence electrons. The Morgan fingerprint density at radius 1 is 1.35 bits per heavy atom. The van der Waals surface area contributed by atoms with Gasteiger partial charge in [0.05, 0.1) is 5.75 Å². The molecule has 1 aromatic carbocycles. The van der Waals surface area contributed by atoms with E-state index < -0.39 is 0 Å². The van der Waals surface area contributed by atoms with Gasteiger partial charge in [0.15, 0.2) is 0 Å². The number of amides is 1. The normalized spacial score (nSPS) is 10.6. The highest BCUT2D eigenvalue weighted by Crippen LogP contribution is 2.13. The zero-order chi connectivity index (χ0) is 12.7. The lowest BCUT2D eigenvalue weighted by molar-refractivity contribution is -0.113. The molecule has 0 aliphatic rings. The number of benzene rings is 1. The highest BCUT2D eigenvalue weighted by molar-refractivity contribution is 7.99. The van der Waals surface area contributed by atoms with Crippen molar-refractivity contribution < 1.29 is 4.79 Å². The van der Waals surface area contributed by atoms with Crippen molar-refractivity contribution in [1.82, 2.24) is 4.90 Å². The third-order valence-electron chi connectivity index (χ3n) is 2.34. The van der Waals surface area contributed by atoms with Crippen molar-refractivity contribution in [2.75, 3.05) is 37.5 Å². The number of thioether (sulfide) groups is 1. The second-order valence-electron chi connectivity index (χ2n) is 4.22. The smallest absolute Gasteiger partial charge is 0.234 e. The summed E-state index contributed by atoms with van der Waals surface area (Å²) in [6.07, 6.45) is 0. The predicted molar refractivity (Wildman–Crippen MR) is 75.7 cm³/mol. The number of para-hydroxylation sites is 1. The molecule has 0 saturated heterocycles. The molecule has 0 saturated carbocycles. The maximum atomic E-state index is 11.7. The summed E-state index contributed by atoms with van der Waals surface area (Å²) in [4.78, 5) is 13.8. The minimum absolute atomic E-state index is 0.0723. The minimum Gasteiger partial charge on any atom is -0.325 e. The van der Waals surface area contributed by atoms with Crippen LogP contribution >= 0.6 is 11.8 Å². The molecule has 0 heterocycles. The van der Waals surface area contributed by atoms with Gasteiger partial charge in [-0.1, -0.05) is 18.2 Å². The quantitative estimate of drug-likeness (QED) is 0.788. The topological polar surface area (TPSA) is 32.3 Å². The minimum atomic E-state index is 0.0723. The third kappa shape index (κ3) is 5.75. The molecule has 0 fully saturated rings. The Bertz CT molecular complexity index is 366. The molecular weight excluding hydrogens is 232 g/mol. The van der Waals surface area contributed by atoms with Crippen molar-refractivity contribution in [3.05, 3.63) is 29.8 Å². The number of nitrogens with zero attached hydrogens (tertiary/aromatic N) is 1. The first kappa shape index (κ1) is 14.1. The van der Waals surface area contributed by atoms with Gasteiger partial charge in [0.25, 0.3) is 0 Å². The lowest BCUT2D eigenvalue weighted by Gasteiger charge is -2.10. The largest absolute Gasteiger partial charge is 0.325 e. The summed E-state index contributed by atoms with van der Waals surface area (Å²) in [5.41, 5.74) is 2.00. The zero-order valence-electron chi connectivity index (χ0n) is 10.7.